The molecular formula is C14H22ClNO. The molecule has 3 heteroatoms. The van der Waals surface area contributed by atoms with Crippen LogP contribution in [0, 0.1) is 5.92 Å². The molecule has 0 aliphatic rings. The highest BCUT2D eigenvalue weighted by atomic mass is 35.5. The summed E-state index contributed by atoms with van der Waals surface area (Å²) in [7, 11) is 0. The molecule has 0 bridgehead atoms. The lowest BCUT2D eigenvalue weighted by atomic mass is 9.99. The molecule has 0 aromatic heterocycles. The molecule has 0 aliphatic heterocycles. The molecule has 0 radical (unpaired) electrons. The van der Waals surface area contributed by atoms with Gasteiger partial charge in [0, 0.05) is 11.1 Å². The Hall–Kier alpha value is -0.730. The van der Waals surface area contributed by atoms with Crippen LogP contribution < -0.4 is 10.1 Å². The Bertz CT molecular complexity index is 341. The fourth-order valence-electron chi connectivity index (χ4n) is 2.01. The van der Waals surface area contributed by atoms with Crippen molar-refractivity contribution in [1.82, 2.24) is 5.32 Å². The van der Waals surface area contributed by atoms with E-state index in [0.29, 0.717) is 17.0 Å². The van der Waals surface area contributed by atoms with Gasteiger partial charge in [-0.15, -0.1) is 0 Å². The summed E-state index contributed by atoms with van der Waals surface area (Å²) in [6.45, 7) is 9.55. The minimum absolute atomic E-state index is 0.119. The van der Waals surface area contributed by atoms with Gasteiger partial charge in [0.15, 0.2) is 0 Å². The number of hydrogen-bond acceptors (Lipinski definition) is 2. The molecule has 2 unspecified atom stereocenters. The second-order valence-electron chi connectivity index (χ2n) is 4.61. The molecule has 0 fully saturated rings. The fourth-order valence-corrected chi connectivity index (χ4v) is 2.19. The zero-order valence-electron chi connectivity index (χ0n) is 11.0. The van der Waals surface area contributed by atoms with Crippen molar-refractivity contribution in [3.63, 3.8) is 0 Å². The Kier molecular flexibility index (Phi) is 5.79. The molecule has 1 aromatic rings. The first-order valence-corrected chi connectivity index (χ1v) is 6.58. The summed E-state index contributed by atoms with van der Waals surface area (Å²) in [5.41, 5.74) is 0. The van der Waals surface area contributed by atoms with Crippen molar-refractivity contribution in [2.24, 2.45) is 5.92 Å². The Morgan fingerprint density at radius 2 is 2.00 bits per heavy atom. The van der Waals surface area contributed by atoms with E-state index in [1.807, 2.05) is 24.3 Å². The van der Waals surface area contributed by atoms with E-state index in [1.54, 1.807) is 0 Å². The van der Waals surface area contributed by atoms with Crippen LogP contribution in [-0.4, -0.2) is 18.7 Å². The first kappa shape index (κ1) is 14.3. The zero-order valence-corrected chi connectivity index (χ0v) is 11.8. The second-order valence-corrected chi connectivity index (χ2v) is 5.04. The standard InChI is InChI=1S/C14H22ClNO/c1-5-16-14(10(2)3)11(4)17-13-8-6-7-12(15)9-13/h6-11,14,16H,5H2,1-4H3. The second kappa shape index (κ2) is 6.87. The molecule has 1 rings (SSSR count). The molecule has 96 valence electrons. The van der Waals surface area contributed by atoms with Crippen LogP contribution in [0.5, 0.6) is 5.75 Å². The summed E-state index contributed by atoms with van der Waals surface area (Å²) in [5, 5.41) is 4.17. The molecule has 1 aromatic carbocycles. The van der Waals surface area contributed by atoms with Gasteiger partial charge in [-0.2, -0.15) is 0 Å². The zero-order chi connectivity index (χ0) is 12.8. The Labute approximate surface area is 109 Å². The third kappa shape index (κ3) is 4.57. The average Bonchev–Trinajstić information content (AvgIpc) is 2.25. The van der Waals surface area contributed by atoms with Crippen molar-refractivity contribution in [1.29, 1.82) is 0 Å². The maximum Gasteiger partial charge on any atom is 0.121 e. The molecule has 2 atom stereocenters. The van der Waals surface area contributed by atoms with Gasteiger partial charge in [0.25, 0.3) is 0 Å². The van der Waals surface area contributed by atoms with Gasteiger partial charge >= 0.3 is 0 Å². The lowest BCUT2D eigenvalue weighted by Crippen LogP contribution is -2.45. The van der Waals surface area contributed by atoms with Gasteiger partial charge in [0.2, 0.25) is 0 Å². The topological polar surface area (TPSA) is 21.3 Å². The Morgan fingerprint density at radius 3 is 2.53 bits per heavy atom. The predicted octanol–water partition coefficient (Wildman–Crippen LogP) is 3.74. The number of ether oxygens (including phenoxy) is 1. The van der Waals surface area contributed by atoms with E-state index in [-0.39, 0.29) is 6.10 Å². The number of halogens is 1. The highest BCUT2D eigenvalue weighted by molar-refractivity contribution is 6.30. The van der Waals surface area contributed by atoms with Crippen LogP contribution in [0.1, 0.15) is 27.7 Å². The van der Waals surface area contributed by atoms with Crippen molar-refractivity contribution in [2.75, 3.05) is 6.54 Å². The minimum Gasteiger partial charge on any atom is -0.489 e. The first-order chi connectivity index (χ1) is 8.04. The monoisotopic (exact) mass is 255 g/mol. The quantitative estimate of drug-likeness (QED) is 0.836. The molecule has 0 saturated carbocycles. The van der Waals surface area contributed by atoms with Crippen LogP contribution in [-0.2, 0) is 0 Å². The molecule has 0 heterocycles. The van der Waals surface area contributed by atoms with Gasteiger partial charge in [-0.05, 0) is 37.6 Å². The van der Waals surface area contributed by atoms with Crippen LogP contribution in [0.25, 0.3) is 0 Å². The summed E-state index contributed by atoms with van der Waals surface area (Å²) in [5.74, 6) is 1.36. The molecule has 1 N–H and O–H groups in total. The largest absolute Gasteiger partial charge is 0.489 e. The SMILES string of the molecule is CCNC(C(C)C)C(C)Oc1cccc(Cl)c1. The Morgan fingerprint density at radius 1 is 1.29 bits per heavy atom. The van der Waals surface area contributed by atoms with Crippen molar-refractivity contribution in [3.05, 3.63) is 29.3 Å². The van der Waals surface area contributed by atoms with Crippen molar-refractivity contribution in [3.8, 4) is 5.75 Å². The summed E-state index contributed by atoms with van der Waals surface area (Å²) in [6, 6.07) is 7.89. The number of benzene rings is 1. The van der Waals surface area contributed by atoms with Crippen LogP contribution >= 0.6 is 11.6 Å². The molecule has 0 amide bonds. The van der Waals surface area contributed by atoms with E-state index >= 15 is 0 Å². The van der Waals surface area contributed by atoms with Crippen LogP contribution in [0.2, 0.25) is 5.02 Å². The van der Waals surface area contributed by atoms with Crippen LogP contribution in [0.3, 0.4) is 0 Å². The van der Waals surface area contributed by atoms with Crippen LogP contribution in [0.15, 0.2) is 24.3 Å². The fraction of sp³-hybridized carbons (Fsp3) is 0.571. The van der Waals surface area contributed by atoms with E-state index in [1.165, 1.54) is 0 Å². The van der Waals surface area contributed by atoms with Gasteiger partial charge < -0.3 is 10.1 Å². The highest BCUT2D eigenvalue weighted by Crippen LogP contribution is 2.20. The summed E-state index contributed by atoms with van der Waals surface area (Å²) < 4.78 is 5.92. The molecule has 2 nitrogen and oxygen atoms in total. The minimum atomic E-state index is 0.119. The van der Waals surface area contributed by atoms with E-state index in [4.69, 9.17) is 16.3 Å². The summed E-state index contributed by atoms with van der Waals surface area (Å²) in [4.78, 5) is 0. The normalized spacial score (nSPS) is 14.7. The number of rotatable bonds is 6. The van der Waals surface area contributed by atoms with Gasteiger partial charge in [0.1, 0.15) is 11.9 Å². The van der Waals surface area contributed by atoms with Gasteiger partial charge in [-0.25, -0.2) is 0 Å². The molecule has 17 heavy (non-hydrogen) atoms. The van der Waals surface area contributed by atoms with E-state index < -0.39 is 0 Å². The highest BCUT2D eigenvalue weighted by Gasteiger charge is 2.21. The maximum atomic E-state index is 5.94. The van der Waals surface area contributed by atoms with Crippen LogP contribution in [0.4, 0.5) is 0 Å². The van der Waals surface area contributed by atoms with Gasteiger partial charge in [-0.3, -0.25) is 0 Å². The van der Waals surface area contributed by atoms with Crippen molar-refractivity contribution >= 4 is 11.6 Å². The lowest BCUT2D eigenvalue weighted by Gasteiger charge is -2.28. The van der Waals surface area contributed by atoms with Crippen molar-refractivity contribution < 1.29 is 4.74 Å². The molecular weight excluding hydrogens is 234 g/mol. The molecule has 0 aliphatic carbocycles. The van der Waals surface area contributed by atoms with Gasteiger partial charge in [-0.1, -0.05) is 38.4 Å². The number of likely N-dealkylation sites (N-methyl/N-ethyl adjacent to an activating group) is 1. The van der Waals surface area contributed by atoms with Gasteiger partial charge in [0.05, 0.1) is 0 Å². The van der Waals surface area contributed by atoms with E-state index in [9.17, 15) is 0 Å². The van der Waals surface area contributed by atoms with E-state index in [2.05, 4.69) is 33.0 Å². The summed E-state index contributed by atoms with van der Waals surface area (Å²) in [6.07, 6.45) is 0.119. The van der Waals surface area contributed by atoms with Crippen molar-refractivity contribution in [2.45, 2.75) is 39.8 Å². The molecule has 0 saturated heterocycles. The lowest BCUT2D eigenvalue weighted by molar-refractivity contribution is 0.145. The molecule has 0 spiro atoms. The third-order valence-electron chi connectivity index (χ3n) is 2.78. The maximum absolute atomic E-state index is 5.94. The smallest absolute Gasteiger partial charge is 0.121 e. The number of hydrogen-bond donors (Lipinski definition) is 1. The first-order valence-electron chi connectivity index (χ1n) is 6.20. The Balaban J connectivity index is 2.66. The predicted molar refractivity (Wildman–Crippen MR) is 73.8 cm³/mol. The third-order valence-corrected chi connectivity index (χ3v) is 3.02. The summed E-state index contributed by atoms with van der Waals surface area (Å²) >= 11 is 5.94. The average molecular weight is 256 g/mol. The van der Waals surface area contributed by atoms with E-state index in [0.717, 1.165) is 12.3 Å². The number of nitrogens with one attached hydrogen (secondary N) is 1.